The van der Waals surface area contributed by atoms with E-state index in [9.17, 15) is 0 Å². The van der Waals surface area contributed by atoms with Gasteiger partial charge in [-0.2, -0.15) is 0 Å². The van der Waals surface area contributed by atoms with Gasteiger partial charge in [-0.3, -0.25) is 9.88 Å². The highest BCUT2D eigenvalue weighted by Crippen LogP contribution is 2.08. The monoisotopic (exact) mass is 229 g/mol. The zero-order chi connectivity index (χ0) is 11.5. The zero-order valence-electron chi connectivity index (χ0n) is 9.63. The van der Waals surface area contributed by atoms with Crippen molar-refractivity contribution in [3.63, 3.8) is 0 Å². The minimum atomic E-state index is 0.736. The minimum absolute atomic E-state index is 0.736. The summed E-state index contributed by atoms with van der Waals surface area (Å²) >= 11 is 0. The van der Waals surface area contributed by atoms with Gasteiger partial charge < -0.3 is 5.32 Å². The maximum absolute atomic E-state index is 4.53. The first-order valence-corrected chi connectivity index (χ1v) is 5.91. The first kappa shape index (κ1) is 10.6. The van der Waals surface area contributed by atoms with Crippen molar-refractivity contribution in [2.24, 2.45) is 0 Å². The summed E-state index contributed by atoms with van der Waals surface area (Å²) in [5.74, 6) is 0. The van der Waals surface area contributed by atoms with E-state index in [1.807, 2.05) is 12.1 Å². The second-order valence-electron chi connectivity index (χ2n) is 4.23. The van der Waals surface area contributed by atoms with E-state index in [1.165, 1.54) is 0 Å². The highest BCUT2D eigenvalue weighted by molar-refractivity contribution is 5.68. The molecule has 0 saturated carbocycles. The number of aromatic nitrogens is 3. The Morgan fingerprint density at radius 3 is 2.82 bits per heavy atom. The van der Waals surface area contributed by atoms with Gasteiger partial charge in [0.1, 0.15) is 5.52 Å². The molecule has 17 heavy (non-hydrogen) atoms. The van der Waals surface area contributed by atoms with Crippen molar-refractivity contribution in [1.82, 2.24) is 25.2 Å². The van der Waals surface area contributed by atoms with Crippen LogP contribution in [0.1, 0.15) is 5.69 Å². The zero-order valence-corrected chi connectivity index (χ0v) is 9.63. The molecule has 0 aliphatic carbocycles. The van der Waals surface area contributed by atoms with Crippen LogP contribution in [0, 0.1) is 0 Å². The Kier molecular flexibility index (Phi) is 2.94. The summed E-state index contributed by atoms with van der Waals surface area (Å²) in [7, 11) is 0. The van der Waals surface area contributed by atoms with Crippen LogP contribution < -0.4 is 5.32 Å². The summed E-state index contributed by atoms with van der Waals surface area (Å²) in [6, 6.07) is 4.03. The Labute approximate surface area is 99.9 Å². The van der Waals surface area contributed by atoms with Gasteiger partial charge in [-0.25, -0.2) is 9.97 Å². The average molecular weight is 229 g/mol. The highest BCUT2D eigenvalue weighted by atomic mass is 15.2. The summed E-state index contributed by atoms with van der Waals surface area (Å²) in [4.78, 5) is 15.4. The lowest BCUT2D eigenvalue weighted by Gasteiger charge is -2.26. The molecular formula is C12H15N5. The summed E-state index contributed by atoms with van der Waals surface area (Å²) in [5.41, 5.74) is 2.66. The standard InChI is InChI=1S/C12H15N5/c1-2-11-12(15-4-3-14-11)16-10(1)9-17-7-5-13-6-8-17/h1-4,13H,5-9H2. The van der Waals surface area contributed by atoms with Crippen LogP contribution in [0.3, 0.4) is 0 Å². The van der Waals surface area contributed by atoms with Crippen LogP contribution in [0.15, 0.2) is 24.5 Å². The molecule has 2 aromatic heterocycles. The van der Waals surface area contributed by atoms with Crippen LogP contribution >= 0.6 is 0 Å². The molecule has 0 amide bonds. The first-order valence-electron chi connectivity index (χ1n) is 5.91. The predicted octanol–water partition coefficient (Wildman–Crippen LogP) is 0.430. The fraction of sp³-hybridized carbons (Fsp3) is 0.417. The van der Waals surface area contributed by atoms with Crippen molar-refractivity contribution in [2.75, 3.05) is 26.2 Å². The Hall–Kier alpha value is -1.59. The molecule has 1 fully saturated rings. The van der Waals surface area contributed by atoms with Crippen LogP contribution in [0.25, 0.3) is 11.2 Å². The topological polar surface area (TPSA) is 53.9 Å². The molecule has 3 rings (SSSR count). The number of piperazine rings is 1. The first-order chi connectivity index (χ1) is 8.42. The fourth-order valence-corrected chi connectivity index (χ4v) is 2.08. The summed E-state index contributed by atoms with van der Waals surface area (Å²) in [5, 5.41) is 3.35. The lowest BCUT2D eigenvalue weighted by Crippen LogP contribution is -2.43. The fourth-order valence-electron chi connectivity index (χ4n) is 2.08. The normalized spacial score (nSPS) is 17.4. The van der Waals surface area contributed by atoms with E-state index >= 15 is 0 Å². The van der Waals surface area contributed by atoms with Gasteiger partial charge in [0.2, 0.25) is 0 Å². The molecule has 88 valence electrons. The quantitative estimate of drug-likeness (QED) is 0.809. The SMILES string of the molecule is c1cnc2nc(CN3CCNCC3)ccc2n1. The lowest BCUT2D eigenvalue weighted by atomic mass is 10.3. The maximum Gasteiger partial charge on any atom is 0.178 e. The van der Waals surface area contributed by atoms with E-state index in [2.05, 4.69) is 25.2 Å². The summed E-state index contributed by atoms with van der Waals surface area (Å²) in [6.07, 6.45) is 3.38. The molecular weight excluding hydrogens is 214 g/mol. The Bertz CT molecular complexity index is 507. The third-order valence-electron chi connectivity index (χ3n) is 2.98. The molecule has 0 radical (unpaired) electrons. The van der Waals surface area contributed by atoms with Crippen LogP contribution in [-0.4, -0.2) is 46.0 Å². The summed E-state index contributed by atoms with van der Waals surface area (Å²) < 4.78 is 0. The summed E-state index contributed by atoms with van der Waals surface area (Å²) in [6.45, 7) is 5.19. The van der Waals surface area contributed by atoms with Crippen LogP contribution in [0.5, 0.6) is 0 Å². The molecule has 1 aliphatic heterocycles. The van der Waals surface area contributed by atoms with E-state index < -0.39 is 0 Å². The molecule has 0 bridgehead atoms. The molecule has 1 saturated heterocycles. The lowest BCUT2D eigenvalue weighted by molar-refractivity contribution is 0.231. The van der Waals surface area contributed by atoms with Crippen LogP contribution in [0.2, 0.25) is 0 Å². The number of fused-ring (bicyclic) bond motifs is 1. The van der Waals surface area contributed by atoms with Gasteiger partial charge in [-0.1, -0.05) is 0 Å². The maximum atomic E-state index is 4.53. The van der Waals surface area contributed by atoms with Crippen molar-refractivity contribution in [1.29, 1.82) is 0 Å². The van der Waals surface area contributed by atoms with E-state index in [1.54, 1.807) is 12.4 Å². The van der Waals surface area contributed by atoms with E-state index in [0.717, 1.165) is 49.6 Å². The van der Waals surface area contributed by atoms with E-state index in [-0.39, 0.29) is 0 Å². The van der Waals surface area contributed by atoms with Crippen molar-refractivity contribution >= 4 is 11.2 Å². The molecule has 0 unspecified atom stereocenters. The van der Waals surface area contributed by atoms with Gasteiger partial charge in [0.05, 0.1) is 5.69 Å². The molecule has 1 aliphatic rings. The molecule has 0 spiro atoms. The van der Waals surface area contributed by atoms with E-state index in [0.29, 0.717) is 0 Å². The third kappa shape index (κ3) is 2.40. The average Bonchev–Trinajstić information content (AvgIpc) is 2.40. The van der Waals surface area contributed by atoms with Gasteiger partial charge in [0.15, 0.2) is 5.65 Å². The van der Waals surface area contributed by atoms with Gasteiger partial charge >= 0.3 is 0 Å². The number of nitrogens with one attached hydrogen (secondary N) is 1. The largest absolute Gasteiger partial charge is 0.314 e. The highest BCUT2D eigenvalue weighted by Gasteiger charge is 2.10. The van der Waals surface area contributed by atoms with Crippen molar-refractivity contribution in [2.45, 2.75) is 6.54 Å². The number of pyridine rings is 1. The second kappa shape index (κ2) is 4.73. The molecule has 1 N–H and O–H groups in total. The van der Waals surface area contributed by atoms with Crippen molar-refractivity contribution in [3.05, 3.63) is 30.2 Å². The smallest absolute Gasteiger partial charge is 0.178 e. The van der Waals surface area contributed by atoms with Crippen LogP contribution in [-0.2, 0) is 6.54 Å². The number of rotatable bonds is 2. The number of nitrogens with zero attached hydrogens (tertiary/aromatic N) is 4. The van der Waals surface area contributed by atoms with Gasteiger partial charge in [0.25, 0.3) is 0 Å². The molecule has 5 nitrogen and oxygen atoms in total. The van der Waals surface area contributed by atoms with Crippen molar-refractivity contribution in [3.8, 4) is 0 Å². The van der Waals surface area contributed by atoms with Gasteiger partial charge in [-0.15, -0.1) is 0 Å². The predicted molar refractivity (Wildman–Crippen MR) is 65.5 cm³/mol. The van der Waals surface area contributed by atoms with Gasteiger partial charge in [0, 0.05) is 45.1 Å². The van der Waals surface area contributed by atoms with Gasteiger partial charge in [-0.05, 0) is 12.1 Å². The molecule has 2 aromatic rings. The van der Waals surface area contributed by atoms with Crippen molar-refractivity contribution < 1.29 is 0 Å². The third-order valence-corrected chi connectivity index (χ3v) is 2.98. The Morgan fingerprint density at radius 2 is 1.94 bits per heavy atom. The Morgan fingerprint density at radius 1 is 1.12 bits per heavy atom. The minimum Gasteiger partial charge on any atom is -0.314 e. The second-order valence-corrected chi connectivity index (χ2v) is 4.23. The molecule has 3 heterocycles. The van der Waals surface area contributed by atoms with E-state index in [4.69, 9.17) is 0 Å². The number of hydrogen-bond acceptors (Lipinski definition) is 5. The molecule has 0 atom stereocenters. The molecule has 5 heteroatoms. The van der Waals surface area contributed by atoms with Crippen LogP contribution in [0.4, 0.5) is 0 Å². The number of hydrogen-bond donors (Lipinski definition) is 1. The molecule has 0 aromatic carbocycles. The Balaban J connectivity index is 1.80.